The van der Waals surface area contributed by atoms with Crippen LogP contribution in [0.4, 0.5) is 0 Å². The van der Waals surface area contributed by atoms with Crippen LogP contribution in [-0.2, 0) is 28.6 Å². The van der Waals surface area contributed by atoms with Gasteiger partial charge in [-0.05, 0) is 128 Å². The molecule has 0 fully saturated rings. The molecule has 0 aliphatic heterocycles. The molecule has 0 bridgehead atoms. The Kier molecular flexibility index (Phi) is 66.2. The summed E-state index contributed by atoms with van der Waals surface area (Å²) in [5, 5.41) is 0. The first-order chi connectivity index (χ1) is 40.5. The van der Waals surface area contributed by atoms with Gasteiger partial charge in [-0.3, -0.25) is 14.4 Å². The molecule has 0 heterocycles. The zero-order chi connectivity index (χ0) is 59.2. The van der Waals surface area contributed by atoms with Gasteiger partial charge in [-0.15, -0.1) is 0 Å². The van der Waals surface area contributed by atoms with Crippen LogP contribution < -0.4 is 0 Å². The Labute approximate surface area is 508 Å². The van der Waals surface area contributed by atoms with Crippen molar-refractivity contribution in [2.75, 3.05) is 13.2 Å². The van der Waals surface area contributed by atoms with Crippen molar-refractivity contribution in [1.29, 1.82) is 0 Å². The van der Waals surface area contributed by atoms with Crippen LogP contribution in [0.1, 0.15) is 335 Å². The number of hydrogen-bond acceptors (Lipinski definition) is 6. The van der Waals surface area contributed by atoms with Gasteiger partial charge in [0, 0.05) is 19.3 Å². The van der Waals surface area contributed by atoms with Gasteiger partial charge in [0.05, 0.1) is 0 Å². The van der Waals surface area contributed by atoms with E-state index in [4.69, 9.17) is 14.2 Å². The monoisotopic (exact) mass is 1140 g/mol. The molecule has 0 saturated carbocycles. The van der Waals surface area contributed by atoms with Crippen LogP contribution in [-0.4, -0.2) is 37.2 Å². The van der Waals surface area contributed by atoms with Crippen molar-refractivity contribution in [2.24, 2.45) is 0 Å². The van der Waals surface area contributed by atoms with Crippen molar-refractivity contribution in [2.45, 2.75) is 341 Å². The molecule has 1 atom stereocenters. The van der Waals surface area contributed by atoms with E-state index in [0.29, 0.717) is 19.3 Å². The molecule has 0 saturated heterocycles. The Morgan fingerprint density at radius 2 is 0.476 bits per heavy atom. The molecule has 0 aromatic heterocycles. The van der Waals surface area contributed by atoms with Gasteiger partial charge < -0.3 is 14.2 Å². The van der Waals surface area contributed by atoms with Crippen LogP contribution in [0.3, 0.4) is 0 Å². The molecule has 0 aliphatic carbocycles. The molecule has 6 nitrogen and oxygen atoms in total. The van der Waals surface area contributed by atoms with Crippen molar-refractivity contribution in [3.05, 3.63) is 109 Å². The number of esters is 3. The average Bonchev–Trinajstić information content (AvgIpc) is 3.47. The van der Waals surface area contributed by atoms with E-state index in [-0.39, 0.29) is 31.1 Å². The number of hydrogen-bond donors (Lipinski definition) is 0. The van der Waals surface area contributed by atoms with E-state index in [0.717, 1.165) is 116 Å². The fraction of sp³-hybridized carbons (Fsp3) is 0.724. The van der Waals surface area contributed by atoms with Gasteiger partial charge in [0.25, 0.3) is 0 Å². The highest BCUT2D eigenvalue weighted by Gasteiger charge is 2.19. The Hall–Kier alpha value is -3.93. The van der Waals surface area contributed by atoms with E-state index in [2.05, 4.69) is 130 Å². The summed E-state index contributed by atoms with van der Waals surface area (Å²) in [6.07, 6.45) is 95.4. The number of carbonyl (C=O) groups is 3. The highest BCUT2D eigenvalue weighted by atomic mass is 16.6. The second-order valence-corrected chi connectivity index (χ2v) is 23.1. The van der Waals surface area contributed by atoms with Crippen molar-refractivity contribution in [3.8, 4) is 0 Å². The molecule has 6 heteroatoms. The summed E-state index contributed by atoms with van der Waals surface area (Å²) in [4.78, 5) is 38.4. The molecule has 0 amide bonds. The summed E-state index contributed by atoms with van der Waals surface area (Å²) >= 11 is 0. The second-order valence-electron chi connectivity index (χ2n) is 23.1. The Morgan fingerprint density at radius 3 is 0.780 bits per heavy atom. The van der Waals surface area contributed by atoms with Crippen LogP contribution >= 0.6 is 0 Å². The number of unbranched alkanes of at least 4 members (excludes halogenated alkanes) is 34. The molecule has 82 heavy (non-hydrogen) atoms. The van der Waals surface area contributed by atoms with Gasteiger partial charge in [-0.1, -0.05) is 297 Å². The normalized spacial score (nSPS) is 12.8. The lowest BCUT2D eigenvalue weighted by Gasteiger charge is -2.18. The minimum atomic E-state index is -0.787. The van der Waals surface area contributed by atoms with Gasteiger partial charge in [-0.2, -0.15) is 0 Å². The molecule has 0 spiro atoms. The first-order valence-electron chi connectivity index (χ1n) is 34.9. The van der Waals surface area contributed by atoms with Crippen molar-refractivity contribution in [3.63, 3.8) is 0 Å². The molecule has 0 aliphatic rings. The van der Waals surface area contributed by atoms with Crippen molar-refractivity contribution >= 4 is 17.9 Å². The predicted molar refractivity (Wildman–Crippen MR) is 357 cm³/mol. The standard InChI is InChI=1S/C76H130O6/c1-4-7-10-13-16-19-22-25-27-29-31-33-34-35-36-37-38-39-40-41-42-44-45-47-49-51-54-57-60-63-66-69-75(78)81-72-73(71-80-74(77)68-65-62-59-56-53-24-21-18-15-12-9-6-3)82-76(79)70-67-64-61-58-55-52-50-48-46-43-32-30-28-26-23-20-17-14-11-8-5-2/h7,10,16,18-19,21,25,27,30-33,35-36,38-39,41-42,73H,4-6,8-9,11-15,17,20,22-24,26,28-29,34,37,40,43-72H2,1-3H3/b10-7-,19-16-,21-18-,27-25-,32-30-,33-31-,36-35-,39-38-,42-41-. The van der Waals surface area contributed by atoms with Crippen molar-refractivity contribution < 1.29 is 28.6 Å². The molecule has 0 aromatic rings. The molecular formula is C76H130O6. The number of ether oxygens (including phenoxy) is 3. The third kappa shape index (κ3) is 66.9. The minimum absolute atomic E-state index is 0.0835. The quantitative estimate of drug-likeness (QED) is 0.0261. The van der Waals surface area contributed by atoms with Crippen LogP contribution in [0.5, 0.6) is 0 Å². The van der Waals surface area contributed by atoms with Gasteiger partial charge in [0.15, 0.2) is 6.10 Å². The highest BCUT2D eigenvalue weighted by molar-refractivity contribution is 5.71. The minimum Gasteiger partial charge on any atom is -0.462 e. The predicted octanol–water partition coefficient (Wildman–Crippen LogP) is 24.2. The summed E-state index contributed by atoms with van der Waals surface area (Å²) in [6.45, 7) is 6.52. The molecule has 0 N–H and O–H groups in total. The first-order valence-corrected chi connectivity index (χ1v) is 34.9. The van der Waals surface area contributed by atoms with Gasteiger partial charge in [0.2, 0.25) is 0 Å². The first kappa shape index (κ1) is 78.1. The SMILES string of the molecule is CC/C=C\C/C=C\C/C=C\C/C=C\C/C=C\C/C=C\C/C=C\CCCCCCCCCCCC(=O)OCC(COC(=O)CCCCCCC/C=C\CCCCC)OC(=O)CCCCCCCCCCC/C=C\CCCCCCCCCC. The molecule has 0 radical (unpaired) electrons. The summed E-state index contributed by atoms with van der Waals surface area (Å²) in [6, 6.07) is 0. The van der Waals surface area contributed by atoms with E-state index >= 15 is 0 Å². The summed E-state index contributed by atoms with van der Waals surface area (Å²) in [7, 11) is 0. The van der Waals surface area contributed by atoms with E-state index in [1.54, 1.807) is 0 Å². The molecule has 470 valence electrons. The number of allylic oxidation sites excluding steroid dienone is 18. The lowest BCUT2D eigenvalue weighted by molar-refractivity contribution is -0.167. The van der Waals surface area contributed by atoms with Crippen LogP contribution in [0.15, 0.2) is 109 Å². The lowest BCUT2D eigenvalue weighted by atomic mass is 10.1. The Morgan fingerprint density at radius 1 is 0.256 bits per heavy atom. The fourth-order valence-corrected chi connectivity index (χ4v) is 9.77. The summed E-state index contributed by atoms with van der Waals surface area (Å²) in [5.41, 5.74) is 0. The van der Waals surface area contributed by atoms with E-state index < -0.39 is 6.10 Å². The van der Waals surface area contributed by atoms with E-state index in [1.165, 1.54) is 180 Å². The third-order valence-corrected chi connectivity index (χ3v) is 15.0. The van der Waals surface area contributed by atoms with Gasteiger partial charge in [0.1, 0.15) is 13.2 Å². The molecule has 1 unspecified atom stereocenters. The van der Waals surface area contributed by atoms with Gasteiger partial charge >= 0.3 is 17.9 Å². The topological polar surface area (TPSA) is 78.9 Å². The summed E-state index contributed by atoms with van der Waals surface area (Å²) in [5.74, 6) is -0.889. The maximum absolute atomic E-state index is 12.9. The smallest absolute Gasteiger partial charge is 0.306 e. The zero-order valence-corrected chi connectivity index (χ0v) is 54.0. The Bertz CT molecular complexity index is 1640. The second kappa shape index (κ2) is 69.6. The summed E-state index contributed by atoms with van der Waals surface area (Å²) < 4.78 is 16.9. The maximum atomic E-state index is 12.9. The maximum Gasteiger partial charge on any atom is 0.306 e. The fourth-order valence-electron chi connectivity index (χ4n) is 9.77. The number of carbonyl (C=O) groups excluding carboxylic acids is 3. The van der Waals surface area contributed by atoms with Crippen LogP contribution in [0.25, 0.3) is 0 Å². The third-order valence-electron chi connectivity index (χ3n) is 15.0. The number of rotatable bonds is 63. The Balaban J connectivity index is 4.27. The van der Waals surface area contributed by atoms with E-state index in [1.807, 2.05) is 0 Å². The molecular weight excluding hydrogens is 1010 g/mol. The zero-order valence-electron chi connectivity index (χ0n) is 54.0. The molecule has 0 rings (SSSR count). The van der Waals surface area contributed by atoms with Crippen molar-refractivity contribution in [1.82, 2.24) is 0 Å². The highest BCUT2D eigenvalue weighted by Crippen LogP contribution is 2.16. The van der Waals surface area contributed by atoms with Gasteiger partial charge in [-0.25, -0.2) is 0 Å². The van der Waals surface area contributed by atoms with E-state index in [9.17, 15) is 14.4 Å². The lowest BCUT2D eigenvalue weighted by Crippen LogP contribution is -2.30. The molecule has 0 aromatic carbocycles. The largest absolute Gasteiger partial charge is 0.462 e. The van der Waals surface area contributed by atoms with Crippen LogP contribution in [0, 0.1) is 0 Å². The van der Waals surface area contributed by atoms with Crippen LogP contribution in [0.2, 0.25) is 0 Å². The average molecular weight is 1140 g/mol.